The second kappa shape index (κ2) is 13.2. The Bertz CT molecular complexity index is 888. The van der Waals surface area contributed by atoms with E-state index in [4.69, 9.17) is 5.73 Å². The van der Waals surface area contributed by atoms with Gasteiger partial charge in [-0.05, 0) is 88.1 Å². The smallest absolute Gasteiger partial charge is 0.188 e. The average Bonchev–Trinajstić information content (AvgIpc) is 2.75. The van der Waals surface area contributed by atoms with Crippen LogP contribution in [0.1, 0.15) is 77.0 Å². The number of hydrogen-bond acceptors (Lipinski definition) is 5. The zero-order chi connectivity index (χ0) is 25.2. The highest BCUT2D eigenvalue weighted by molar-refractivity contribution is 5.80. The molecule has 0 bridgehead atoms. The normalized spacial score (nSPS) is 13.6. The van der Waals surface area contributed by atoms with E-state index < -0.39 is 11.4 Å². The van der Waals surface area contributed by atoms with Crippen molar-refractivity contribution in [1.29, 1.82) is 0 Å². The van der Waals surface area contributed by atoms with Crippen LogP contribution in [0.4, 0.5) is 4.39 Å². The molecule has 0 saturated carbocycles. The molecule has 6 heteroatoms. The Morgan fingerprint density at radius 3 is 2.33 bits per heavy atom. The lowest BCUT2D eigenvalue weighted by molar-refractivity contribution is 0.0715. The maximum atomic E-state index is 15.7. The molecule has 0 aliphatic rings. The molecule has 0 heterocycles. The third kappa shape index (κ3) is 9.42. The first-order valence-electron chi connectivity index (χ1n) is 11.8. The van der Waals surface area contributed by atoms with Gasteiger partial charge < -0.3 is 15.7 Å². The minimum absolute atomic E-state index is 0.0946. The second-order valence-corrected chi connectivity index (χ2v) is 9.32. The fraction of sp³-hybridized carbons (Fsp3) is 0.519. The van der Waals surface area contributed by atoms with Crippen molar-refractivity contribution in [3.8, 4) is 0 Å². The van der Waals surface area contributed by atoms with Crippen LogP contribution in [0.25, 0.3) is 0 Å². The molecule has 1 aromatic carbocycles. The molecule has 0 saturated heterocycles. The van der Waals surface area contributed by atoms with Gasteiger partial charge in [0.1, 0.15) is 5.82 Å². The van der Waals surface area contributed by atoms with Gasteiger partial charge in [-0.1, -0.05) is 38.6 Å². The van der Waals surface area contributed by atoms with Gasteiger partial charge in [0.25, 0.3) is 0 Å². The summed E-state index contributed by atoms with van der Waals surface area (Å²) in [6.07, 6.45) is 4.44. The third-order valence-electron chi connectivity index (χ3n) is 5.64. The predicted octanol–water partition coefficient (Wildman–Crippen LogP) is 5.83. The van der Waals surface area contributed by atoms with Crippen LogP contribution in [0.15, 0.2) is 58.4 Å². The molecular formula is C27H43FN4O. The van der Waals surface area contributed by atoms with Crippen molar-refractivity contribution in [3.63, 3.8) is 0 Å². The molecule has 0 aliphatic carbocycles. The second-order valence-electron chi connectivity index (χ2n) is 9.32. The maximum absolute atomic E-state index is 15.7. The number of hydrogen-bond donors (Lipinski definition) is 3. The zero-order valence-electron chi connectivity index (χ0n) is 21.6. The summed E-state index contributed by atoms with van der Waals surface area (Å²) < 4.78 is 15.7. The van der Waals surface area contributed by atoms with E-state index in [-0.39, 0.29) is 11.5 Å². The van der Waals surface area contributed by atoms with E-state index in [1.54, 1.807) is 27.0 Å². The van der Waals surface area contributed by atoms with Gasteiger partial charge in [-0.2, -0.15) is 5.10 Å². The minimum atomic E-state index is -0.829. The first-order chi connectivity index (χ1) is 15.4. The molecule has 0 amide bonds. The van der Waals surface area contributed by atoms with Gasteiger partial charge in [0, 0.05) is 13.1 Å². The Kier molecular flexibility index (Phi) is 11.4. The molecule has 0 atom stereocenters. The van der Waals surface area contributed by atoms with Gasteiger partial charge >= 0.3 is 0 Å². The highest BCUT2D eigenvalue weighted by Gasteiger charge is 2.20. The number of rotatable bonds is 13. The Balaban J connectivity index is 3.33. The average molecular weight is 459 g/mol. The van der Waals surface area contributed by atoms with Gasteiger partial charge in [-0.15, -0.1) is 0 Å². The SMILES string of the molecule is C=C(CCC(C)(C)O)/C(C)=C(N/N=C/c1ccc(C)c(C)c1)\C(F)=C(/N)N(CCC)CCC. The molecule has 0 radical (unpaired) electrons. The molecule has 33 heavy (non-hydrogen) atoms. The van der Waals surface area contributed by atoms with Crippen LogP contribution in [0.3, 0.4) is 0 Å². The minimum Gasteiger partial charge on any atom is -0.390 e. The summed E-state index contributed by atoms with van der Waals surface area (Å²) in [7, 11) is 0. The predicted molar refractivity (Wildman–Crippen MR) is 138 cm³/mol. The summed E-state index contributed by atoms with van der Waals surface area (Å²) in [6.45, 7) is 18.9. The summed E-state index contributed by atoms with van der Waals surface area (Å²) in [5, 5.41) is 14.4. The molecule has 5 nitrogen and oxygen atoms in total. The Labute approximate surface area is 200 Å². The van der Waals surface area contributed by atoms with Crippen molar-refractivity contribution in [2.75, 3.05) is 13.1 Å². The number of hydrazone groups is 1. The van der Waals surface area contributed by atoms with Crippen molar-refractivity contribution < 1.29 is 9.50 Å². The van der Waals surface area contributed by atoms with Crippen molar-refractivity contribution in [3.05, 3.63) is 70.0 Å². The zero-order valence-corrected chi connectivity index (χ0v) is 21.6. The highest BCUT2D eigenvalue weighted by Crippen LogP contribution is 2.26. The van der Waals surface area contributed by atoms with Crippen LogP contribution in [-0.2, 0) is 0 Å². The molecule has 0 aromatic heterocycles. The number of benzene rings is 1. The molecule has 1 rings (SSSR count). The fourth-order valence-electron chi connectivity index (χ4n) is 3.29. The van der Waals surface area contributed by atoms with E-state index >= 15 is 4.39 Å². The lowest BCUT2D eigenvalue weighted by Gasteiger charge is -2.25. The summed E-state index contributed by atoms with van der Waals surface area (Å²) in [6, 6.07) is 6.03. The van der Waals surface area contributed by atoms with Gasteiger partial charge in [0.2, 0.25) is 0 Å². The van der Waals surface area contributed by atoms with E-state index in [0.29, 0.717) is 31.5 Å². The lowest BCUT2D eigenvalue weighted by atomic mass is 9.95. The fourth-order valence-corrected chi connectivity index (χ4v) is 3.29. The van der Waals surface area contributed by atoms with Gasteiger partial charge in [0.05, 0.1) is 17.5 Å². The molecule has 0 unspecified atom stereocenters. The number of allylic oxidation sites excluding steroid dienone is 3. The molecule has 0 aliphatic heterocycles. The van der Waals surface area contributed by atoms with Crippen LogP contribution in [0, 0.1) is 13.8 Å². The molecule has 184 valence electrons. The third-order valence-corrected chi connectivity index (χ3v) is 5.64. The van der Waals surface area contributed by atoms with Crippen molar-refractivity contribution in [2.24, 2.45) is 10.8 Å². The molecular weight excluding hydrogens is 415 g/mol. The van der Waals surface area contributed by atoms with Crippen LogP contribution in [0.2, 0.25) is 0 Å². The Hall–Kier alpha value is -2.60. The summed E-state index contributed by atoms with van der Waals surface area (Å²) in [4.78, 5) is 1.86. The monoisotopic (exact) mass is 458 g/mol. The maximum Gasteiger partial charge on any atom is 0.188 e. The highest BCUT2D eigenvalue weighted by atomic mass is 19.1. The topological polar surface area (TPSA) is 73.9 Å². The Morgan fingerprint density at radius 1 is 1.21 bits per heavy atom. The van der Waals surface area contributed by atoms with E-state index in [1.165, 1.54) is 5.56 Å². The van der Waals surface area contributed by atoms with E-state index in [9.17, 15) is 5.11 Å². The van der Waals surface area contributed by atoms with E-state index in [2.05, 4.69) is 24.0 Å². The number of aliphatic hydroxyl groups is 1. The first kappa shape index (κ1) is 28.4. The van der Waals surface area contributed by atoms with E-state index in [0.717, 1.165) is 29.5 Å². The van der Waals surface area contributed by atoms with Crippen LogP contribution in [-0.4, -0.2) is 34.9 Å². The van der Waals surface area contributed by atoms with Crippen molar-refractivity contribution >= 4 is 6.21 Å². The number of nitrogens with two attached hydrogens (primary N) is 1. The van der Waals surface area contributed by atoms with Crippen LogP contribution >= 0.6 is 0 Å². The summed E-state index contributed by atoms with van der Waals surface area (Å²) >= 11 is 0. The molecule has 0 fully saturated rings. The molecule has 4 N–H and O–H groups in total. The molecule has 1 aromatic rings. The largest absolute Gasteiger partial charge is 0.390 e. The number of aryl methyl sites for hydroxylation is 2. The molecule has 0 spiro atoms. The quantitative estimate of drug-likeness (QED) is 0.198. The number of nitrogens with one attached hydrogen (secondary N) is 1. The van der Waals surface area contributed by atoms with Crippen LogP contribution < -0.4 is 11.2 Å². The summed E-state index contributed by atoms with van der Waals surface area (Å²) in [5.41, 5.74) is 13.2. The van der Waals surface area contributed by atoms with Crippen LogP contribution in [0.5, 0.6) is 0 Å². The lowest BCUT2D eigenvalue weighted by Crippen LogP contribution is -2.31. The van der Waals surface area contributed by atoms with E-state index in [1.807, 2.05) is 43.9 Å². The standard InChI is InChI=1S/C27H43FN4O/c1-9-15-32(16-10-2)26(29)24(28)25(22(6)20(4)13-14-27(7,8)33)31-30-18-23-12-11-19(3)21(5)17-23/h11-12,17-18,31,33H,4,9-10,13-16,29H2,1-3,5-8H3/b25-22+,26-24-,30-18+. The van der Waals surface area contributed by atoms with Gasteiger partial charge in [-0.25, -0.2) is 4.39 Å². The number of halogens is 1. The van der Waals surface area contributed by atoms with Gasteiger partial charge in [-0.3, -0.25) is 5.43 Å². The van der Waals surface area contributed by atoms with Gasteiger partial charge in [0.15, 0.2) is 5.83 Å². The first-order valence-corrected chi connectivity index (χ1v) is 11.8. The summed E-state index contributed by atoms with van der Waals surface area (Å²) in [5.74, 6) is -0.451. The Morgan fingerprint density at radius 2 is 1.82 bits per heavy atom. The van der Waals surface area contributed by atoms with Crippen molar-refractivity contribution in [2.45, 2.75) is 79.8 Å². The van der Waals surface area contributed by atoms with Crippen molar-refractivity contribution in [1.82, 2.24) is 10.3 Å². The number of nitrogens with zero attached hydrogens (tertiary/aromatic N) is 2.